The van der Waals surface area contributed by atoms with Crippen molar-refractivity contribution in [1.29, 1.82) is 0 Å². The van der Waals surface area contributed by atoms with Crippen LogP contribution in [0, 0.1) is 5.92 Å². The van der Waals surface area contributed by atoms with Crippen LogP contribution in [0.15, 0.2) is 29.3 Å². The minimum Gasteiger partial charge on any atom is -0.387 e. The van der Waals surface area contributed by atoms with Crippen LogP contribution in [0.5, 0.6) is 0 Å². The van der Waals surface area contributed by atoms with E-state index < -0.39 is 0 Å². The second kappa shape index (κ2) is 8.78. The van der Waals surface area contributed by atoms with E-state index in [9.17, 15) is 4.79 Å². The summed E-state index contributed by atoms with van der Waals surface area (Å²) in [5.74, 6) is 0.964. The minimum atomic E-state index is -0.184. The van der Waals surface area contributed by atoms with Gasteiger partial charge in [0.15, 0.2) is 0 Å². The van der Waals surface area contributed by atoms with Crippen molar-refractivity contribution in [3.05, 3.63) is 35.4 Å². The van der Waals surface area contributed by atoms with Crippen LogP contribution in [0.4, 0.5) is 4.79 Å². The van der Waals surface area contributed by atoms with Gasteiger partial charge in [0.25, 0.3) is 0 Å². The first-order valence-corrected chi connectivity index (χ1v) is 8.87. The molecule has 0 radical (unpaired) electrons. The third-order valence-electron chi connectivity index (χ3n) is 4.35. The van der Waals surface area contributed by atoms with Crippen molar-refractivity contribution in [2.24, 2.45) is 16.6 Å². The Hall–Kier alpha value is -1.95. The highest BCUT2D eigenvalue weighted by Gasteiger charge is 2.23. The largest absolute Gasteiger partial charge is 0.387 e. The van der Waals surface area contributed by atoms with E-state index in [1.54, 1.807) is 11.8 Å². The van der Waals surface area contributed by atoms with Crippen LogP contribution >= 0.6 is 12.2 Å². The van der Waals surface area contributed by atoms with E-state index in [0.29, 0.717) is 11.8 Å². The number of carbonyl (C=O) groups is 1. The van der Waals surface area contributed by atoms with E-state index >= 15 is 0 Å². The van der Waals surface area contributed by atoms with Crippen LogP contribution in [0.25, 0.3) is 0 Å². The zero-order chi connectivity index (χ0) is 17.5. The number of nitrogens with two attached hydrogens (primary N) is 1. The highest BCUT2D eigenvalue weighted by molar-refractivity contribution is 7.80. The zero-order valence-electron chi connectivity index (χ0n) is 14.4. The maximum atomic E-state index is 12.1. The molecule has 1 saturated heterocycles. The minimum absolute atomic E-state index is 0.123. The first kappa shape index (κ1) is 18.4. The highest BCUT2D eigenvalue weighted by atomic mass is 32.1. The Morgan fingerprint density at radius 1 is 1.29 bits per heavy atom. The quantitative estimate of drug-likeness (QED) is 0.502. The Morgan fingerprint density at radius 2 is 1.88 bits per heavy atom. The van der Waals surface area contributed by atoms with Gasteiger partial charge in [-0.25, -0.2) is 9.79 Å². The summed E-state index contributed by atoms with van der Waals surface area (Å²) in [6, 6.07) is 8.68. The van der Waals surface area contributed by atoms with E-state index in [1.165, 1.54) is 11.1 Å². The monoisotopic (exact) mass is 346 g/mol. The standard InChI is InChI=1S/C18H26N4OS/c1-3-14-4-6-15(7-5-14)12-16-8-10-22(11-9-16)18(23)21-17(24)20-13(2)19/h4-7,16H,3,8-12H2,1-2H3,(H3,19,20,21,23,24). The number of amidine groups is 1. The Balaban J connectivity index is 1.79. The van der Waals surface area contributed by atoms with E-state index in [0.717, 1.165) is 38.8 Å². The van der Waals surface area contributed by atoms with E-state index in [4.69, 9.17) is 18.0 Å². The summed E-state index contributed by atoms with van der Waals surface area (Å²) in [5.41, 5.74) is 8.21. The second-order valence-corrected chi connectivity index (χ2v) is 6.68. The van der Waals surface area contributed by atoms with Gasteiger partial charge in [-0.05, 0) is 61.9 Å². The van der Waals surface area contributed by atoms with Gasteiger partial charge in [-0.1, -0.05) is 31.2 Å². The lowest BCUT2D eigenvalue weighted by Crippen LogP contribution is -2.46. The molecule has 6 heteroatoms. The van der Waals surface area contributed by atoms with Gasteiger partial charge in [-0.3, -0.25) is 5.32 Å². The third-order valence-corrected chi connectivity index (χ3v) is 4.54. The van der Waals surface area contributed by atoms with Gasteiger partial charge in [0, 0.05) is 13.1 Å². The van der Waals surface area contributed by atoms with Crippen molar-refractivity contribution in [2.45, 2.75) is 39.5 Å². The van der Waals surface area contributed by atoms with Gasteiger partial charge < -0.3 is 10.6 Å². The summed E-state index contributed by atoms with van der Waals surface area (Å²) < 4.78 is 0. The number of thiocarbonyl (C=S) groups is 1. The Bertz CT molecular complexity index is 600. The zero-order valence-corrected chi connectivity index (χ0v) is 15.2. The fraction of sp³-hybridized carbons (Fsp3) is 0.500. The van der Waals surface area contributed by atoms with Crippen molar-refractivity contribution in [2.75, 3.05) is 13.1 Å². The molecule has 130 valence electrons. The van der Waals surface area contributed by atoms with Crippen LogP contribution in [-0.2, 0) is 12.8 Å². The summed E-state index contributed by atoms with van der Waals surface area (Å²) in [5, 5.41) is 2.73. The maximum Gasteiger partial charge on any atom is 0.323 e. The second-order valence-electron chi connectivity index (χ2n) is 6.29. The van der Waals surface area contributed by atoms with Crippen molar-refractivity contribution in [3.63, 3.8) is 0 Å². The molecule has 1 heterocycles. The van der Waals surface area contributed by atoms with Crippen LogP contribution in [0.1, 0.15) is 37.8 Å². The molecule has 5 nitrogen and oxygen atoms in total. The van der Waals surface area contributed by atoms with Gasteiger partial charge in [-0.15, -0.1) is 0 Å². The molecular weight excluding hydrogens is 320 g/mol. The van der Waals surface area contributed by atoms with Gasteiger partial charge in [0.2, 0.25) is 5.11 Å². The van der Waals surface area contributed by atoms with Crippen LogP contribution in [-0.4, -0.2) is 35.0 Å². The summed E-state index contributed by atoms with van der Waals surface area (Å²) in [6.45, 7) is 5.30. The Kier molecular flexibility index (Phi) is 6.73. The lowest BCUT2D eigenvalue weighted by molar-refractivity contribution is 0.175. The molecule has 0 aliphatic carbocycles. The van der Waals surface area contributed by atoms with E-state index in [-0.39, 0.29) is 11.1 Å². The van der Waals surface area contributed by atoms with Gasteiger partial charge >= 0.3 is 6.03 Å². The van der Waals surface area contributed by atoms with Crippen LogP contribution in [0.2, 0.25) is 0 Å². The van der Waals surface area contributed by atoms with Crippen molar-refractivity contribution < 1.29 is 4.79 Å². The first-order valence-electron chi connectivity index (χ1n) is 8.46. The van der Waals surface area contributed by atoms with Crippen molar-refractivity contribution in [3.8, 4) is 0 Å². The molecule has 24 heavy (non-hydrogen) atoms. The number of nitrogens with zero attached hydrogens (tertiary/aromatic N) is 2. The van der Waals surface area contributed by atoms with Gasteiger partial charge in [0.05, 0.1) is 5.84 Å². The van der Waals surface area contributed by atoms with Gasteiger partial charge in [0.1, 0.15) is 0 Å². The topological polar surface area (TPSA) is 70.7 Å². The molecule has 1 aliphatic rings. The fourth-order valence-electron chi connectivity index (χ4n) is 2.94. The van der Waals surface area contributed by atoms with Gasteiger partial charge in [-0.2, -0.15) is 0 Å². The fourth-order valence-corrected chi connectivity index (χ4v) is 3.17. The third kappa shape index (κ3) is 5.60. The van der Waals surface area contributed by atoms with Crippen LogP contribution in [0.3, 0.4) is 0 Å². The maximum absolute atomic E-state index is 12.1. The molecule has 0 spiro atoms. The number of hydrogen-bond acceptors (Lipinski definition) is 2. The normalized spacial score (nSPS) is 16.1. The number of piperidine rings is 1. The van der Waals surface area contributed by atoms with Crippen molar-refractivity contribution >= 4 is 29.2 Å². The smallest absolute Gasteiger partial charge is 0.323 e. The molecule has 1 aliphatic heterocycles. The molecule has 0 bridgehead atoms. The number of rotatable bonds is 3. The number of aliphatic imine (C=N–C) groups is 1. The summed E-state index contributed by atoms with van der Waals surface area (Å²) >= 11 is 4.98. The predicted octanol–water partition coefficient (Wildman–Crippen LogP) is 2.88. The number of hydrogen-bond donors (Lipinski definition) is 2. The molecule has 3 N–H and O–H groups in total. The number of aryl methyl sites for hydroxylation is 1. The average Bonchev–Trinajstić information content (AvgIpc) is 2.55. The summed E-state index contributed by atoms with van der Waals surface area (Å²) in [6.07, 6.45) is 4.17. The lowest BCUT2D eigenvalue weighted by atomic mass is 9.90. The SMILES string of the molecule is CCc1ccc(CC2CCN(C(=O)NC(=S)/N=C(/C)N)CC2)cc1. The average molecular weight is 347 g/mol. The molecule has 0 atom stereocenters. The Morgan fingerprint density at radius 3 is 2.42 bits per heavy atom. The number of amides is 2. The lowest BCUT2D eigenvalue weighted by Gasteiger charge is -2.32. The Labute approximate surface area is 149 Å². The van der Waals surface area contributed by atoms with Crippen molar-refractivity contribution in [1.82, 2.24) is 10.2 Å². The van der Waals surface area contributed by atoms with Crippen LogP contribution < -0.4 is 11.1 Å². The number of carbonyl (C=O) groups excluding carboxylic acids is 1. The number of urea groups is 1. The molecular formula is C18H26N4OS. The molecule has 0 unspecified atom stereocenters. The number of nitrogens with one attached hydrogen (secondary N) is 1. The first-order chi connectivity index (χ1) is 11.5. The van der Waals surface area contributed by atoms with E-state index in [2.05, 4.69) is 41.5 Å². The molecule has 0 saturated carbocycles. The summed E-state index contributed by atoms with van der Waals surface area (Å²) in [4.78, 5) is 17.8. The predicted molar refractivity (Wildman–Crippen MR) is 102 cm³/mol. The molecule has 1 fully saturated rings. The molecule has 1 aromatic rings. The number of likely N-dealkylation sites (tertiary alicyclic amines) is 1. The highest BCUT2D eigenvalue weighted by Crippen LogP contribution is 2.22. The molecule has 0 aromatic heterocycles. The number of benzene rings is 1. The summed E-state index contributed by atoms with van der Waals surface area (Å²) in [7, 11) is 0. The van der Waals surface area contributed by atoms with E-state index in [1.807, 2.05) is 0 Å². The molecule has 2 rings (SSSR count). The molecule has 1 aromatic carbocycles. The molecule has 2 amide bonds.